The number of amidine groups is 1. The van der Waals surface area contributed by atoms with Crippen LogP contribution in [0.5, 0.6) is 0 Å². The van der Waals surface area contributed by atoms with Crippen LogP contribution in [-0.4, -0.2) is 48.2 Å². The maximum atomic E-state index is 9.01. The zero-order valence-corrected chi connectivity index (χ0v) is 13.8. The molecule has 2 aliphatic rings. The van der Waals surface area contributed by atoms with Crippen LogP contribution < -0.4 is 10.6 Å². The average molecular weight is 353 g/mol. The van der Waals surface area contributed by atoms with Crippen molar-refractivity contribution >= 4 is 27.5 Å². The van der Waals surface area contributed by atoms with Gasteiger partial charge in [-0.2, -0.15) is 0 Å². The molecule has 0 aromatic heterocycles. The van der Waals surface area contributed by atoms with Gasteiger partial charge in [0.25, 0.3) is 0 Å². The molecule has 6 heteroatoms. The molecule has 0 aliphatic carbocycles. The second-order valence-electron chi connectivity index (χ2n) is 5.93. The van der Waals surface area contributed by atoms with E-state index in [0.29, 0.717) is 12.1 Å². The molecule has 0 radical (unpaired) electrons. The number of fused-ring (bicyclic) bond motifs is 2. The van der Waals surface area contributed by atoms with Gasteiger partial charge in [-0.3, -0.25) is 4.90 Å². The first kappa shape index (κ1) is 14.7. The van der Waals surface area contributed by atoms with Gasteiger partial charge in [-0.05, 0) is 44.5 Å². The van der Waals surface area contributed by atoms with E-state index in [-0.39, 0.29) is 5.84 Å². The predicted octanol–water partition coefficient (Wildman–Crippen LogP) is 2.22. The highest BCUT2D eigenvalue weighted by atomic mass is 79.9. The highest BCUT2D eigenvalue weighted by Gasteiger charge is 2.35. The van der Waals surface area contributed by atoms with Crippen molar-refractivity contribution < 1.29 is 5.21 Å². The molecule has 2 aliphatic heterocycles. The zero-order chi connectivity index (χ0) is 15.0. The number of hydrogen-bond acceptors (Lipinski definition) is 4. The van der Waals surface area contributed by atoms with E-state index in [1.54, 1.807) is 0 Å². The number of oxime groups is 1. The average Bonchev–Trinajstić information content (AvgIpc) is 2.71. The molecule has 2 atom stereocenters. The largest absolute Gasteiger partial charge is 0.409 e. The first-order valence-electron chi connectivity index (χ1n) is 7.34. The summed E-state index contributed by atoms with van der Waals surface area (Å²) in [5.74, 6) is 0.167. The van der Waals surface area contributed by atoms with E-state index < -0.39 is 0 Å². The number of benzene rings is 1. The van der Waals surface area contributed by atoms with E-state index in [9.17, 15) is 0 Å². The monoisotopic (exact) mass is 352 g/mol. The molecular weight excluding hydrogens is 332 g/mol. The van der Waals surface area contributed by atoms with Crippen LogP contribution >= 0.6 is 15.9 Å². The van der Waals surface area contributed by atoms with E-state index in [0.717, 1.165) is 35.2 Å². The van der Waals surface area contributed by atoms with Crippen molar-refractivity contribution in [3.63, 3.8) is 0 Å². The summed E-state index contributed by atoms with van der Waals surface area (Å²) in [5.41, 5.74) is 7.68. The molecule has 2 heterocycles. The Morgan fingerprint density at radius 3 is 2.86 bits per heavy atom. The fourth-order valence-electron chi connectivity index (χ4n) is 3.56. The third kappa shape index (κ3) is 2.74. The van der Waals surface area contributed by atoms with Gasteiger partial charge in [0.05, 0.1) is 0 Å². The number of nitrogens with two attached hydrogens (primary N) is 1. The highest BCUT2D eigenvalue weighted by Crippen LogP contribution is 2.33. The minimum Gasteiger partial charge on any atom is -0.409 e. The molecule has 3 rings (SSSR count). The van der Waals surface area contributed by atoms with Gasteiger partial charge >= 0.3 is 0 Å². The van der Waals surface area contributed by atoms with Crippen LogP contribution in [0.2, 0.25) is 0 Å². The Morgan fingerprint density at radius 1 is 1.33 bits per heavy atom. The van der Waals surface area contributed by atoms with Crippen LogP contribution in [0.25, 0.3) is 0 Å². The molecule has 2 bridgehead atoms. The highest BCUT2D eigenvalue weighted by molar-refractivity contribution is 9.10. The Bertz CT molecular complexity index is 563. The summed E-state index contributed by atoms with van der Waals surface area (Å²) >= 11 is 3.53. The quantitative estimate of drug-likeness (QED) is 0.370. The summed E-state index contributed by atoms with van der Waals surface area (Å²) in [6.45, 7) is 2.00. The lowest BCUT2D eigenvalue weighted by Gasteiger charge is -2.29. The topological polar surface area (TPSA) is 65.1 Å². The molecule has 5 nitrogen and oxygen atoms in total. The summed E-state index contributed by atoms with van der Waals surface area (Å²) in [7, 11) is 2.23. The van der Waals surface area contributed by atoms with Crippen molar-refractivity contribution in [1.82, 2.24) is 4.90 Å². The fraction of sp³-hybridized carbons (Fsp3) is 0.533. The molecule has 3 N–H and O–H groups in total. The molecule has 1 aromatic carbocycles. The molecule has 0 spiro atoms. The number of halogens is 1. The number of likely N-dealkylation sites (N-methyl/N-ethyl adjacent to an activating group) is 1. The Balaban J connectivity index is 1.94. The third-order valence-electron chi connectivity index (χ3n) is 4.83. The normalized spacial score (nSPS) is 27.0. The van der Waals surface area contributed by atoms with Gasteiger partial charge in [0.1, 0.15) is 0 Å². The number of anilines is 1. The molecule has 0 amide bonds. The number of hydrogen-bond donors (Lipinski definition) is 2. The van der Waals surface area contributed by atoms with Crippen molar-refractivity contribution in [3.05, 3.63) is 28.2 Å². The van der Waals surface area contributed by atoms with Gasteiger partial charge < -0.3 is 15.8 Å². The minimum atomic E-state index is 0.167. The van der Waals surface area contributed by atoms with Crippen LogP contribution in [0, 0.1) is 0 Å². The SMILES string of the molecule is CN1C2CCC1CN(c1cc(Br)ccc1/C(N)=N/O)CC2. The van der Waals surface area contributed by atoms with Gasteiger partial charge in [-0.1, -0.05) is 21.1 Å². The van der Waals surface area contributed by atoms with Gasteiger partial charge in [-0.25, -0.2) is 0 Å². The van der Waals surface area contributed by atoms with Crippen LogP contribution in [0.4, 0.5) is 5.69 Å². The molecule has 2 saturated heterocycles. The minimum absolute atomic E-state index is 0.167. The van der Waals surface area contributed by atoms with Gasteiger partial charge in [0, 0.05) is 40.9 Å². The van der Waals surface area contributed by atoms with Crippen molar-refractivity contribution in [1.29, 1.82) is 0 Å². The molecule has 2 unspecified atom stereocenters. The zero-order valence-electron chi connectivity index (χ0n) is 12.2. The van der Waals surface area contributed by atoms with Gasteiger partial charge in [0.15, 0.2) is 5.84 Å². The molecule has 114 valence electrons. The summed E-state index contributed by atoms with van der Waals surface area (Å²) in [4.78, 5) is 4.89. The molecule has 0 saturated carbocycles. The Morgan fingerprint density at radius 2 is 2.10 bits per heavy atom. The lowest BCUT2D eigenvalue weighted by Crippen LogP contribution is -2.37. The summed E-state index contributed by atoms with van der Waals surface area (Å²) in [6.07, 6.45) is 3.72. The lowest BCUT2D eigenvalue weighted by atomic mass is 10.1. The van der Waals surface area contributed by atoms with Crippen LogP contribution in [0.3, 0.4) is 0 Å². The summed E-state index contributed by atoms with van der Waals surface area (Å²) < 4.78 is 1.01. The summed E-state index contributed by atoms with van der Waals surface area (Å²) in [5, 5.41) is 12.2. The second kappa shape index (κ2) is 5.85. The van der Waals surface area contributed by atoms with Crippen LogP contribution in [-0.2, 0) is 0 Å². The molecular formula is C15H21BrN4O. The standard InChI is InChI=1S/C15H21BrN4O/c1-19-11-3-4-12(19)9-20(7-6-11)14-8-10(16)2-5-13(14)15(17)18-21/h2,5,8,11-12,21H,3-4,6-7,9H2,1H3,(H2,17,18). The van der Waals surface area contributed by atoms with Crippen LogP contribution in [0.1, 0.15) is 24.8 Å². The smallest absolute Gasteiger partial charge is 0.172 e. The van der Waals surface area contributed by atoms with E-state index in [1.807, 2.05) is 12.1 Å². The van der Waals surface area contributed by atoms with E-state index in [1.165, 1.54) is 12.8 Å². The molecule has 1 aromatic rings. The second-order valence-corrected chi connectivity index (χ2v) is 6.85. The van der Waals surface area contributed by atoms with Gasteiger partial charge in [-0.15, -0.1) is 0 Å². The van der Waals surface area contributed by atoms with E-state index in [2.05, 4.69) is 44.0 Å². The third-order valence-corrected chi connectivity index (χ3v) is 5.33. The van der Waals surface area contributed by atoms with Crippen molar-refractivity contribution in [3.8, 4) is 0 Å². The maximum Gasteiger partial charge on any atom is 0.172 e. The van der Waals surface area contributed by atoms with E-state index >= 15 is 0 Å². The molecule has 2 fully saturated rings. The van der Waals surface area contributed by atoms with Crippen molar-refractivity contribution in [2.45, 2.75) is 31.3 Å². The molecule has 21 heavy (non-hydrogen) atoms. The lowest BCUT2D eigenvalue weighted by molar-refractivity contribution is 0.254. The number of rotatable bonds is 2. The van der Waals surface area contributed by atoms with Crippen molar-refractivity contribution in [2.24, 2.45) is 10.9 Å². The Labute approximate surface area is 133 Å². The van der Waals surface area contributed by atoms with Crippen molar-refractivity contribution in [2.75, 3.05) is 25.0 Å². The Hall–Kier alpha value is -1.27. The first-order chi connectivity index (χ1) is 10.1. The summed E-state index contributed by atoms with van der Waals surface area (Å²) in [6, 6.07) is 7.18. The predicted molar refractivity (Wildman–Crippen MR) is 88.1 cm³/mol. The Kier molecular flexibility index (Phi) is 4.08. The first-order valence-corrected chi connectivity index (χ1v) is 8.13. The van der Waals surface area contributed by atoms with Crippen LogP contribution in [0.15, 0.2) is 27.8 Å². The van der Waals surface area contributed by atoms with Gasteiger partial charge in [0.2, 0.25) is 0 Å². The van der Waals surface area contributed by atoms with E-state index in [4.69, 9.17) is 10.9 Å². The fourth-order valence-corrected chi connectivity index (χ4v) is 3.91. The number of nitrogens with zero attached hydrogens (tertiary/aromatic N) is 3. The maximum absolute atomic E-state index is 9.01.